The van der Waals surface area contributed by atoms with Crippen molar-refractivity contribution in [2.45, 2.75) is 18.9 Å². The predicted molar refractivity (Wildman–Crippen MR) is 76.0 cm³/mol. The molecule has 0 spiro atoms. The van der Waals surface area contributed by atoms with Crippen molar-refractivity contribution >= 4 is 28.3 Å². The van der Waals surface area contributed by atoms with Gasteiger partial charge >= 0.3 is 0 Å². The Labute approximate surface area is 116 Å². The van der Waals surface area contributed by atoms with Crippen LogP contribution >= 0.6 is 28.3 Å². The molecule has 0 saturated heterocycles. The maximum atomic E-state index is 9.88. The van der Waals surface area contributed by atoms with Crippen LogP contribution in [0.4, 0.5) is 0 Å². The summed E-state index contributed by atoms with van der Waals surface area (Å²) in [5.41, 5.74) is 6.68. The van der Waals surface area contributed by atoms with Crippen LogP contribution in [0.2, 0.25) is 0 Å². The van der Waals surface area contributed by atoms with Crippen LogP contribution in [0.15, 0.2) is 29.3 Å². The molecule has 0 fully saturated rings. The molecule has 0 bridgehead atoms. The summed E-state index contributed by atoms with van der Waals surface area (Å²) in [6.07, 6.45) is 3.37. The van der Waals surface area contributed by atoms with Gasteiger partial charge in [-0.05, 0) is 40.9 Å². The molecule has 5 heteroatoms. The van der Waals surface area contributed by atoms with Crippen molar-refractivity contribution in [3.8, 4) is 11.5 Å². The molecule has 0 aliphatic rings. The third-order valence-electron chi connectivity index (χ3n) is 2.38. The number of aromatic hydroxyl groups is 1. The first-order valence-corrected chi connectivity index (χ1v) is 5.82. The topological polar surface area (TPSA) is 55.5 Å². The lowest BCUT2D eigenvalue weighted by Gasteiger charge is -2.15. The maximum Gasteiger partial charge on any atom is 0.134 e. The van der Waals surface area contributed by atoms with E-state index in [1.165, 1.54) is 0 Å². The van der Waals surface area contributed by atoms with Crippen molar-refractivity contribution in [1.29, 1.82) is 0 Å². The highest BCUT2D eigenvalue weighted by Gasteiger charge is 2.14. The fourth-order valence-electron chi connectivity index (χ4n) is 1.45. The van der Waals surface area contributed by atoms with Crippen molar-refractivity contribution in [3.63, 3.8) is 0 Å². The Balaban J connectivity index is 0.00000256. The molecular formula is C12H17BrClNO2. The van der Waals surface area contributed by atoms with Crippen molar-refractivity contribution in [2.24, 2.45) is 5.73 Å². The Morgan fingerprint density at radius 2 is 2.24 bits per heavy atom. The minimum atomic E-state index is -0.218. The van der Waals surface area contributed by atoms with E-state index in [-0.39, 0.29) is 24.2 Å². The minimum absolute atomic E-state index is 0. The average molecular weight is 323 g/mol. The van der Waals surface area contributed by atoms with Crippen LogP contribution in [-0.4, -0.2) is 12.2 Å². The van der Waals surface area contributed by atoms with Gasteiger partial charge in [-0.3, -0.25) is 0 Å². The molecule has 1 aromatic rings. The molecule has 3 N–H and O–H groups in total. The molecule has 0 amide bonds. The second-order valence-electron chi connectivity index (χ2n) is 3.52. The van der Waals surface area contributed by atoms with Gasteiger partial charge in [0.1, 0.15) is 11.5 Å². The van der Waals surface area contributed by atoms with E-state index in [1.54, 1.807) is 19.2 Å². The van der Waals surface area contributed by atoms with Crippen LogP contribution in [-0.2, 0) is 0 Å². The van der Waals surface area contributed by atoms with E-state index in [9.17, 15) is 5.11 Å². The average Bonchev–Trinajstić information content (AvgIpc) is 2.29. The number of nitrogens with two attached hydrogens (primary N) is 1. The minimum Gasteiger partial charge on any atom is -0.506 e. The normalized spacial score (nSPS) is 11.5. The van der Waals surface area contributed by atoms with E-state index in [0.717, 1.165) is 12.8 Å². The fraction of sp³-hybridized carbons (Fsp3) is 0.333. The molecule has 0 aliphatic heterocycles. The number of rotatable bonds is 5. The van der Waals surface area contributed by atoms with Gasteiger partial charge < -0.3 is 15.6 Å². The number of methoxy groups -OCH3 is 1. The molecule has 96 valence electrons. The van der Waals surface area contributed by atoms with E-state index < -0.39 is 0 Å². The van der Waals surface area contributed by atoms with Crippen LogP contribution in [0.1, 0.15) is 24.4 Å². The van der Waals surface area contributed by atoms with Crippen LogP contribution < -0.4 is 10.5 Å². The van der Waals surface area contributed by atoms with Gasteiger partial charge in [0.05, 0.1) is 11.6 Å². The second kappa shape index (κ2) is 7.58. The zero-order chi connectivity index (χ0) is 12.1. The van der Waals surface area contributed by atoms with Gasteiger partial charge in [0.15, 0.2) is 0 Å². The van der Waals surface area contributed by atoms with Gasteiger partial charge in [0.25, 0.3) is 0 Å². The summed E-state index contributed by atoms with van der Waals surface area (Å²) in [7, 11) is 1.58. The van der Waals surface area contributed by atoms with Crippen molar-refractivity contribution in [3.05, 3.63) is 34.8 Å². The molecule has 3 nitrogen and oxygen atoms in total. The van der Waals surface area contributed by atoms with E-state index in [0.29, 0.717) is 15.8 Å². The highest BCUT2D eigenvalue weighted by Crippen LogP contribution is 2.36. The fourth-order valence-corrected chi connectivity index (χ4v) is 1.90. The maximum absolute atomic E-state index is 9.88. The monoisotopic (exact) mass is 321 g/mol. The lowest BCUT2D eigenvalue weighted by Crippen LogP contribution is -2.10. The summed E-state index contributed by atoms with van der Waals surface area (Å²) in [5.74, 6) is 0.853. The zero-order valence-electron chi connectivity index (χ0n) is 9.65. The number of hydrogen-bond acceptors (Lipinski definition) is 3. The first kappa shape index (κ1) is 16.3. The van der Waals surface area contributed by atoms with Crippen LogP contribution in [0.3, 0.4) is 0 Å². The standard InChI is InChI=1S/C12H16BrNO2.ClH/c1-3-4-5-11(14)9-6-8(16-2)7-10(13)12(9)15;/h3,6-7,11,15H,1,4-5,14H2,2H3;1H/t11-;/m0./s1. The predicted octanol–water partition coefficient (Wildman–Crippen LogP) is 3.55. The smallest absolute Gasteiger partial charge is 0.134 e. The zero-order valence-corrected chi connectivity index (χ0v) is 12.1. The van der Waals surface area contributed by atoms with E-state index in [1.807, 2.05) is 6.08 Å². The van der Waals surface area contributed by atoms with Crippen LogP contribution in [0.25, 0.3) is 0 Å². The van der Waals surface area contributed by atoms with Gasteiger partial charge in [-0.1, -0.05) is 6.08 Å². The first-order chi connectivity index (χ1) is 7.60. The third-order valence-corrected chi connectivity index (χ3v) is 2.99. The van der Waals surface area contributed by atoms with Crippen molar-refractivity contribution in [1.82, 2.24) is 0 Å². The van der Waals surface area contributed by atoms with Gasteiger partial charge in [-0.15, -0.1) is 19.0 Å². The molecular weight excluding hydrogens is 305 g/mol. The molecule has 1 rings (SSSR count). The number of allylic oxidation sites excluding steroid dienone is 1. The summed E-state index contributed by atoms with van der Waals surface area (Å²) in [5, 5.41) is 9.88. The largest absolute Gasteiger partial charge is 0.506 e. The highest BCUT2D eigenvalue weighted by molar-refractivity contribution is 9.10. The molecule has 0 aliphatic carbocycles. The SMILES string of the molecule is C=CCC[C@H](N)c1cc(OC)cc(Br)c1O.Cl. The van der Waals surface area contributed by atoms with Gasteiger partial charge in [-0.25, -0.2) is 0 Å². The summed E-state index contributed by atoms with van der Waals surface area (Å²) >= 11 is 3.27. The van der Waals surface area contributed by atoms with Gasteiger partial charge in [0.2, 0.25) is 0 Å². The second-order valence-corrected chi connectivity index (χ2v) is 4.37. The first-order valence-electron chi connectivity index (χ1n) is 5.03. The van der Waals surface area contributed by atoms with Gasteiger partial charge in [-0.2, -0.15) is 0 Å². The Morgan fingerprint density at radius 1 is 1.59 bits per heavy atom. The Morgan fingerprint density at radius 3 is 2.76 bits per heavy atom. The lowest BCUT2D eigenvalue weighted by molar-refractivity contribution is 0.407. The van der Waals surface area contributed by atoms with E-state index in [4.69, 9.17) is 10.5 Å². The molecule has 1 atom stereocenters. The summed E-state index contributed by atoms with van der Waals surface area (Å²) in [6.45, 7) is 3.65. The molecule has 0 aromatic heterocycles. The Hall–Kier alpha value is -0.710. The Bertz CT molecular complexity index is 385. The van der Waals surface area contributed by atoms with Crippen LogP contribution in [0.5, 0.6) is 11.5 Å². The molecule has 0 heterocycles. The summed E-state index contributed by atoms with van der Waals surface area (Å²) in [4.78, 5) is 0. The van der Waals surface area contributed by atoms with Gasteiger partial charge in [0, 0.05) is 11.6 Å². The molecule has 1 aromatic carbocycles. The highest BCUT2D eigenvalue weighted by atomic mass is 79.9. The van der Waals surface area contributed by atoms with E-state index in [2.05, 4.69) is 22.5 Å². The van der Waals surface area contributed by atoms with Crippen LogP contribution in [0, 0.1) is 0 Å². The molecule has 0 saturated carbocycles. The van der Waals surface area contributed by atoms with Crippen molar-refractivity contribution < 1.29 is 9.84 Å². The lowest BCUT2D eigenvalue weighted by atomic mass is 10.0. The quantitative estimate of drug-likeness (QED) is 0.815. The summed E-state index contributed by atoms with van der Waals surface area (Å²) < 4.78 is 5.72. The number of ether oxygens (including phenoxy) is 1. The number of hydrogen-bond donors (Lipinski definition) is 2. The van der Waals surface area contributed by atoms with Crippen molar-refractivity contribution in [2.75, 3.05) is 7.11 Å². The molecule has 17 heavy (non-hydrogen) atoms. The molecule has 0 radical (unpaired) electrons. The Kier molecular flexibility index (Phi) is 7.27. The number of phenols is 1. The molecule has 0 unspecified atom stereocenters. The number of benzene rings is 1. The number of halogens is 2. The summed E-state index contributed by atoms with van der Waals surface area (Å²) in [6, 6.07) is 3.25. The van der Waals surface area contributed by atoms with E-state index >= 15 is 0 Å². The third kappa shape index (κ3) is 4.22. The number of phenolic OH excluding ortho intramolecular Hbond substituents is 1.